The minimum atomic E-state index is -0.442. The number of benzene rings is 3. The fourth-order valence-electron chi connectivity index (χ4n) is 11.1. The lowest BCUT2D eigenvalue weighted by atomic mass is 10.1. The Morgan fingerprint density at radius 2 is 1.29 bits per heavy atom. The number of ether oxygens (including phenoxy) is 2. The summed E-state index contributed by atoms with van der Waals surface area (Å²) >= 11 is 3.69. The lowest BCUT2D eigenvalue weighted by Gasteiger charge is -2.27. The number of pyridine rings is 1. The van der Waals surface area contributed by atoms with E-state index in [0.717, 1.165) is 61.4 Å². The van der Waals surface area contributed by atoms with Gasteiger partial charge in [-0.2, -0.15) is 0 Å². The highest BCUT2D eigenvalue weighted by molar-refractivity contribution is 14.2. The van der Waals surface area contributed by atoms with E-state index >= 15 is 4.39 Å². The van der Waals surface area contributed by atoms with Crippen LogP contribution in [-0.4, -0.2) is 107 Å². The van der Waals surface area contributed by atoms with Gasteiger partial charge in [0.2, 0.25) is 5.88 Å². The number of hydrogen-bond acceptors (Lipinski definition) is 12. The highest BCUT2D eigenvalue weighted by Gasteiger charge is 2.48. The number of methoxy groups -OCH3 is 2. The number of nitrogens with two attached hydrogens (primary N) is 2. The molecule has 4 N–H and O–H groups in total. The van der Waals surface area contributed by atoms with E-state index in [2.05, 4.69) is 41.3 Å². The Kier molecular flexibility index (Phi) is 15.4. The first kappa shape index (κ1) is 50.5. The van der Waals surface area contributed by atoms with Gasteiger partial charge in [-0.25, -0.2) is 24.3 Å². The molecule has 6 atom stereocenters. The second-order valence-corrected chi connectivity index (χ2v) is 18.7. The molecule has 3 aliphatic carbocycles. The zero-order valence-corrected chi connectivity index (χ0v) is 45.4. The largest absolute Gasteiger partial charge is 0.494 e. The first-order valence-electron chi connectivity index (χ1n) is 23.3. The minimum absolute atomic E-state index is 0.00967. The van der Waals surface area contributed by atoms with Crippen molar-refractivity contribution in [1.82, 2.24) is 43.4 Å². The summed E-state index contributed by atoms with van der Waals surface area (Å²) in [5.74, 6) is 4.10. The zero-order chi connectivity index (χ0) is 49.5. The standard InChI is InChI=1S/C28H29FN6O.C22H25N5O3.2HIS/c1-33-25-20(29)11-19(28(36)35-15-18-9-10-22(35)24(18)30)12-21(25)32-27(33)23-13-31-26(17-5-3-2-4-6-17)34(23)14-16-7-8-16;1-26-20-15(25-21(26)14-5-4-6-18(24-14)30-3)9-13(10-17(20)29-2)22(28)27-11-12-7-8-16(27)19(12)23;2*1-2/h2-6,11-13,16,18,22,24H,7-10,14-15,30H2,1H3;4-6,9-10,12,16,19H,7-8,11,23H2,1-3H3;2*2H/t18-,22?,24?;12-,16?,19?;;/m11../s1. The molecule has 12 rings (SSSR count). The van der Waals surface area contributed by atoms with E-state index in [0.29, 0.717) is 80.9 Å². The number of piperidine rings is 2. The number of halogens is 3. The third-order valence-electron chi connectivity index (χ3n) is 14.8. The number of aryl methyl sites for hydroxylation is 2. The van der Waals surface area contributed by atoms with Crippen LogP contribution < -0.4 is 20.9 Å². The van der Waals surface area contributed by atoms with Crippen molar-refractivity contribution in [3.8, 4) is 46.1 Å². The van der Waals surface area contributed by atoms with E-state index in [9.17, 15) is 9.59 Å². The summed E-state index contributed by atoms with van der Waals surface area (Å²) in [7, 11) is 13.9. The van der Waals surface area contributed by atoms with Gasteiger partial charge in [-0.1, -0.05) is 36.4 Å². The van der Waals surface area contributed by atoms with Gasteiger partial charge < -0.3 is 44.4 Å². The van der Waals surface area contributed by atoms with Gasteiger partial charge in [0, 0.05) is 80.7 Å². The van der Waals surface area contributed by atoms with Crippen molar-refractivity contribution in [2.24, 2.45) is 43.3 Å². The summed E-state index contributed by atoms with van der Waals surface area (Å²) in [5, 5.41) is 0. The predicted octanol–water partition coefficient (Wildman–Crippen LogP) is 8.96. The average Bonchev–Trinajstić information content (AvgIpc) is 3.91. The van der Waals surface area contributed by atoms with Crippen molar-refractivity contribution >= 4 is 95.9 Å². The first-order chi connectivity index (χ1) is 34.0. The molecule has 3 saturated carbocycles. The number of carbonyl (C=O) groups excluding carboxylic acids is 2. The van der Waals surface area contributed by atoms with Crippen molar-refractivity contribution in [1.29, 1.82) is 0 Å². The zero-order valence-electron chi connectivity index (χ0n) is 39.3. The maximum Gasteiger partial charge on any atom is 0.254 e. The molecule has 5 fully saturated rings. The molecule has 20 heteroatoms. The second kappa shape index (κ2) is 21.3. The highest BCUT2D eigenvalue weighted by Crippen LogP contribution is 2.41. The van der Waals surface area contributed by atoms with E-state index in [1.807, 2.05) is 113 Å². The molecule has 15 nitrogen and oxygen atoms in total. The molecule has 7 aromatic rings. The molecule has 6 heterocycles. The summed E-state index contributed by atoms with van der Waals surface area (Å²) < 4.78 is 32.3. The van der Waals surface area contributed by atoms with Crippen molar-refractivity contribution in [2.45, 2.75) is 69.2 Å². The summed E-state index contributed by atoms with van der Waals surface area (Å²) in [5.41, 5.74) is 18.5. The van der Waals surface area contributed by atoms with Gasteiger partial charge >= 0.3 is 0 Å². The number of hydrogen-bond donors (Lipinski definition) is 4. The number of imidazole rings is 3. The number of thiol groups is 2. The van der Waals surface area contributed by atoms with Gasteiger partial charge in [0.15, 0.2) is 11.6 Å². The van der Waals surface area contributed by atoms with Crippen molar-refractivity contribution < 1.29 is 23.5 Å². The Labute approximate surface area is 441 Å². The molecule has 2 amide bonds. The molecular weight excluding hydrogens is 1160 g/mol. The van der Waals surface area contributed by atoms with Gasteiger partial charge in [0.05, 0.1) is 31.4 Å². The number of nitrogens with zero attached hydrogens (tertiary/aromatic N) is 9. The topological polar surface area (TPSA) is 177 Å². The summed E-state index contributed by atoms with van der Waals surface area (Å²) in [6.07, 6.45) is 8.31. The van der Waals surface area contributed by atoms with Crippen molar-refractivity contribution in [2.75, 3.05) is 27.3 Å². The van der Waals surface area contributed by atoms with E-state index in [4.69, 9.17) is 35.9 Å². The fourth-order valence-corrected chi connectivity index (χ4v) is 11.1. The van der Waals surface area contributed by atoms with Gasteiger partial charge in [0.1, 0.15) is 39.8 Å². The molecule has 70 heavy (non-hydrogen) atoms. The Morgan fingerprint density at radius 1 is 0.700 bits per heavy atom. The van der Waals surface area contributed by atoms with Crippen molar-refractivity contribution in [3.05, 3.63) is 95.9 Å². The molecule has 3 aromatic carbocycles. The Balaban J connectivity index is 0.000000165. The third-order valence-corrected chi connectivity index (χ3v) is 14.8. The summed E-state index contributed by atoms with van der Waals surface area (Å²) in [6.45, 7) is 2.24. The number of aromatic nitrogens is 7. The minimum Gasteiger partial charge on any atom is -0.494 e. The number of rotatable bonds is 9. The molecule has 4 unspecified atom stereocenters. The van der Waals surface area contributed by atoms with Crippen LogP contribution in [0.25, 0.3) is 56.5 Å². The highest BCUT2D eigenvalue weighted by atomic mass is 127. The summed E-state index contributed by atoms with van der Waals surface area (Å²) in [6, 6.07) is 22.7. The molecule has 4 bridgehead atoms. The van der Waals surface area contributed by atoms with Crippen LogP contribution in [0, 0.1) is 23.6 Å². The lowest BCUT2D eigenvalue weighted by molar-refractivity contribution is 0.0693. The monoisotopic (exact) mass is 1210 g/mol. The number of carbonyl (C=O) groups is 2. The van der Waals surface area contributed by atoms with Gasteiger partial charge in [0.25, 0.3) is 11.8 Å². The number of amides is 2. The van der Waals surface area contributed by atoms with Crippen LogP contribution in [-0.2, 0) is 20.6 Å². The fraction of sp³-hybridized carbons (Fsp3) is 0.400. The smallest absolute Gasteiger partial charge is 0.254 e. The molecule has 4 aromatic heterocycles. The SMILES string of the molecule is COc1cccc(-c2nc3cc(C(=O)N4C[C@H]5CCC4C5N)cc(OC)c3n2C)n1.Cn1c(-c2cnc(-c3ccccc3)n2CC2CC2)nc2cc(C(=O)N3C[C@H]4CCC3C4N)cc(F)c21.SI.SI. The van der Waals surface area contributed by atoms with Crippen LogP contribution in [0.15, 0.2) is 79.0 Å². The predicted molar refractivity (Wildman–Crippen MR) is 294 cm³/mol. The lowest BCUT2D eigenvalue weighted by Crippen LogP contribution is -2.41. The molecule has 368 valence electrons. The normalized spacial score (nSPS) is 21.8. The van der Waals surface area contributed by atoms with Gasteiger partial charge in [-0.15, -0.1) is 19.6 Å². The second-order valence-electron chi connectivity index (χ2n) is 18.7. The number of fused-ring (bicyclic) bond motifs is 6. The number of likely N-dealkylation sites (tertiary alicyclic amines) is 2. The first-order valence-corrected chi connectivity index (χ1v) is 29.8. The molecular formula is C50H56FI2N11O4S2. The third kappa shape index (κ3) is 9.28. The Morgan fingerprint density at radius 3 is 1.84 bits per heavy atom. The molecule has 2 aliphatic heterocycles. The Hall–Kier alpha value is -4.49. The van der Waals surface area contributed by atoms with Crippen molar-refractivity contribution in [3.63, 3.8) is 0 Å². The quantitative estimate of drug-likeness (QED) is 0.0806. The maximum atomic E-state index is 15.5. The van der Waals surface area contributed by atoms with Crippen LogP contribution in [0.1, 0.15) is 59.2 Å². The Bertz CT molecular complexity index is 3060. The van der Waals surface area contributed by atoms with E-state index in [1.54, 1.807) is 37.0 Å². The summed E-state index contributed by atoms with van der Waals surface area (Å²) in [4.78, 5) is 49.2. The van der Waals surface area contributed by atoms with E-state index in [1.165, 1.54) is 18.9 Å². The van der Waals surface area contributed by atoms with Crippen LogP contribution in [0.4, 0.5) is 4.39 Å². The van der Waals surface area contributed by atoms with E-state index < -0.39 is 5.82 Å². The van der Waals surface area contributed by atoms with Crippen LogP contribution in [0.2, 0.25) is 0 Å². The average molecular weight is 1210 g/mol. The van der Waals surface area contributed by atoms with Crippen LogP contribution in [0.3, 0.4) is 0 Å². The van der Waals surface area contributed by atoms with Gasteiger partial charge in [-0.05, 0) is 129 Å². The van der Waals surface area contributed by atoms with E-state index in [-0.39, 0.29) is 36.0 Å². The maximum absolute atomic E-state index is 15.5. The van der Waals surface area contributed by atoms with Crippen LogP contribution >= 0.6 is 62.0 Å². The molecule has 0 spiro atoms. The molecule has 2 saturated heterocycles. The molecule has 5 aliphatic rings. The molecule has 0 radical (unpaired) electrons. The van der Waals surface area contributed by atoms with Crippen LogP contribution in [0.5, 0.6) is 11.6 Å². The van der Waals surface area contributed by atoms with Gasteiger partial charge in [-0.3, -0.25) is 9.59 Å².